The number of thioether (sulfide) groups is 1. The van der Waals surface area contributed by atoms with Gasteiger partial charge in [-0.15, -0.1) is 0 Å². The van der Waals surface area contributed by atoms with Gasteiger partial charge in [0.15, 0.2) is 5.16 Å². The molecule has 0 amide bonds. The second-order valence-corrected chi connectivity index (χ2v) is 6.04. The van der Waals surface area contributed by atoms with Crippen LogP contribution in [0.2, 0.25) is 0 Å². The molecule has 0 atom stereocenters. The zero-order valence-corrected chi connectivity index (χ0v) is 14.5. The molecule has 2 heterocycles. The number of hydrogen-bond donors (Lipinski definition) is 0. The molecule has 23 heavy (non-hydrogen) atoms. The van der Waals surface area contributed by atoms with Gasteiger partial charge in [0.2, 0.25) is 0 Å². The van der Waals surface area contributed by atoms with Gasteiger partial charge in [-0.2, -0.15) is 0 Å². The van der Waals surface area contributed by atoms with Crippen LogP contribution in [0.25, 0.3) is 11.6 Å². The molecule has 0 radical (unpaired) electrons. The Morgan fingerprint density at radius 1 is 1.13 bits per heavy atom. The van der Waals surface area contributed by atoms with E-state index in [0.717, 1.165) is 40.1 Å². The Balaban J connectivity index is 2.05. The van der Waals surface area contributed by atoms with Crippen molar-refractivity contribution in [2.24, 2.45) is 0 Å². The number of benzene rings is 1. The van der Waals surface area contributed by atoms with Crippen molar-refractivity contribution in [3.05, 3.63) is 35.5 Å². The van der Waals surface area contributed by atoms with Gasteiger partial charge in [0.1, 0.15) is 17.3 Å². The number of aromatic nitrogens is 2. The van der Waals surface area contributed by atoms with E-state index in [1.165, 1.54) is 5.57 Å². The summed E-state index contributed by atoms with van der Waals surface area (Å²) in [4.78, 5) is 11.1. The van der Waals surface area contributed by atoms with E-state index in [-0.39, 0.29) is 0 Å². The van der Waals surface area contributed by atoms with Crippen molar-refractivity contribution < 1.29 is 9.47 Å². The third-order valence-electron chi connectivity index (χ3n) is 3.78. The van der Waals surface area contributed by atoms with Gasteiger partial charge in [-0.1, -0.05) is 11.8 Å². The molecule has 1 aliphatic heterocycles. The van der Waals surface area contributed by atoms with Crippen LogP contribution in [-0.2, 0) is 0 Å². The first-order valence-electron chi connectivity index (χ1n) is 7.20. The predicted octanol–water partition coefficient (Wildman–Crippen LogP) is 3.21. The van der Waals surface area contributed by atoms with Crippen LogP contribution in [0.4, 0.5) is 5.82 Å². The highest BCUT2D eigenvalue weighted by Gasteiger charge is 2.19. The fourth-order valence-electron chi connectivity index (χ4n) is 2.60. The van der Waals surface area contributed by atoms with Crippen LogP contribution in [-0.4, -0.2) is 44.0 Å². The molecule has 1 aromatic heterocycles. The Bertz CT molecular complexity index is 739. The number of ether oxygens (including phenoxy) is 2. The average Bonchev–Trinajstić information content (AvgIpc) is 2.60. The summed E-state index contributed by atoms with van der Waals surface area (Å²) in [5.41, 5.74) is 3.28. The van der Waals surface area contributed by atoms with Crippen LogP contribution in [0, 0.1) is 0 Å². The van der Waals surface area contributed by atoms with E-state index in [4.69, 9.17) is 9.47 Å². The van der Waals surface area contributed by atoms with Gasteiger partial charge < -0.3 is 14.4 Å². The molecular formula is C17H19N3O2S. The van der Waals surface area contributed by atoms with Crippen LogP contribution in [0.3, 0.4) is 0 Å². The minimum absolute atomic E-state index is 0.772. The highest BCUT2D eigenvalue weighted by Crippen LogP contribution is 2.34. The molecule has 6 heteroatoms. The van der Waals surface area contributed by atoms with E-state index in [2.05, 4.69) is 20.9 Å². The van der Waals surface area contributed by atoms with Crippen LogP contribution < -0.4 is 14.4 Å². The molecule has 5 nitrogen and oxygen atoms in total. The second-order valence-electron chi connectivity index (χ2n) is 5.26. The summed E-state index contributed by atoms with van der Waals surface area (Å²) in [5.74, 6) is 2.52. The molecule has 0 bridgehead atoms. The summed E-state index contributed by atoms with van der Waals surface area (Å²) in [5, 5.41) is 0.787. The molecular weight excluding hydrogens is 310 g/mol. The van der Waals surface area contributed by atoms with Gasteiger partial charge in [-0.05, 0) is 35.6 Å². The first kappa shape index (κ1) is 15.7. The molecule has 0 spiro atoms. The zero-order valence-electron chi connectivity index (χ0n) is 13.7. The summed E-state index contributed by atoms with van der Waals surface area (Å²) >= 11 is 1.55. The fraction of sp³-hybridized carbons (Fsp3) is 0.294. The standard InChI is InChI=1S/C17H19N3O2S/c1-20-10-13(5-12-9-18-17(23-4)19-16(12)20)11-6-14(21-2)8-15(7-11)22-3/h5-9H,10H2,1-4H3. The van der Waals surface area contributed by atoms with Crippen LogP contribution in [0.15, 0.2) is 29.6 Å². The normalized spacial score (nSPS) is 13.4. The van der Waals surface area contributed by atoms with E-state index >= 15 is 0 Å². The van der Waals surface area contributed by atoms with Crippen LogP contribution in [0.5, 0.6) is 11.5 Å². The van der Waals surface area contributed by atoms with Gasteiger partial charge >= 0.3 is 0 Å². The molecule has 0 saturated carbocycles. The lowest BCUT2D eigenvalue weighted by atomic mass is 9.99. The fourth-order valence-corrected chi connectivity index (χ4v) is 2.94. The van der Waals surface area contributed by atoms with E-state index in [0.29, 0.717) is 0 Å². The number of rotatable bonds is 4. The van der Waals surface area contributed by atoms with Crippen molar-refractivity contribution in [1.82, 2.24) is 9.97 Å². The summed E-state index contributed by atoms with van der Waals surface area (Å²) in [6.07, 6.45) is 5.99. The van der Waals surface area contributed by atoms with Crippen molar-refractivity contribution in [2.45, 2.75) is 5.16 Å². The first-order chi connectivity index (χ1) is 11.1. The molecule has 0 unspecified atom stereocenters. The maximum absolute atomic E-state index is 5.37. The number of anilines is 1. The molecule has 0 fully saturated rings. The summed E-state index contributed by atoms with van der Waals surface area (Å²) < 4.78 is 10.7. The lowest BCUT2D eigenvalue weighted by Gasteiger charge is -2.27. The molecule has 0 N–H and O–H groups in total. The topological polar surface area (TPSA) is 47.5 Å². The maximum atomic E-state index is 5.37. The van der Waals surface area contributed by atoms with Crippen molar-refractivity contribution in [2.75, 3.05) is 39.0 Å². The highest BCUT2D eigenvalue weighted by molar-refractivity contribution is 7.98. The van der Waals surface area contributed by atoms with Crippen molar-refractivity contribution in [1.29, 1.82) is 0 Å². The smallest absolute Gasteiger partial charge is 0.189 e. The average molecular weight is 329 g/mol. The van der Waals surface area contributed by atoms with Gasteiger partial charge in [0.25, 0.3) is 0 Å². The molecule has 1 aliphatic rings. The Labute approximate surface area is 140 Å². The SMILES string of the molecule is COc1cc(OC)cc(C2=Cc3cnc(SC)nc3N(C)C2)c1. The number of likely N-dealkylation sites (N-methyl/N-ethyl adjacent to an activating group) is 1. The van der Waals surface area contributed by atoms with Gasteiger partial charge in [0.05, 0.1) is 14.2 Å². The predicted molar refractivity (Wildman–Crippen MR) is 94.5 cm³/mol. The minimum Gasteiger partial charge on any atom is -0.497 e. The first-order valence-corrected chi connectivity index (χ1v) is 8.43. The van der Waals surface area contributed by atoms with Crippen molar-refractivity contribution in [3.8, 4) is 11.5 Å². The van der Waals surface area contributed by atoms with Crippen molar-refractivity contribution >= 4 is 29.2 Å². The van der Waals surface area contributed by atoms with Crippen LogP contribution >= 0.6 is 11.8 Å². The number of hydrogen-bond acceptors (Lipinski definition) is 6. The highest BCUT2D eigenvalue weighted by atomic mass is 32.2. The molecule has 120 valence electrons. The monoisotopic (exact) mass is 329 g/mol. The minimum atomic E-state index is 0.772. The third-order valence-corrected chi connectivity index (χ3v) is 4.34. The quantitative estimate of drug-likeness (QED) is 0.634. The van der Waals surface area contributed by atoms with E-state index in [9.17, 15) is 0 Å². The number of fused-ring (bicyclic) bond motifs is 1. The Hall–Kier alpha value is -2.21. The lowest BCUT2D eigenvalue weighted by molar-refractivity contribution is 0.394. The van der Waals surface area contributed by atoms with Crippen LogP contribution in [0.1, 0.15) is 11.1 Å². The zero-order chi connectivity index (χ0) is 16.4. The van der Waals surface area contributed by atoms with E-state index < -0.39 is 0 Å². The Morgan fingerprint density at radius 2 is 1.83 bits per heavy atom. The third kappa shape index (κ3) is 3.12. The molecule has 3 rings (SSSR count). The summed E-state index contributed by atoms with van der Waals surface area (Å²) in [6.45, 7) is 0.772. The number of methoxy groups -OCH3 is 2. The Morgan fingerprint density at radius 3 is 2.43 bits per heavy atom. The summed E-state index contributed by atoms with van der Waals surface area (Å²) in [6, 6.07) is 5.91. The van der Waals surface area contributed by atoms with Crippen molar-refractivity contribution in [3.63, 3.8) is 0 Å². The molecule has 2 aromatic rings. The molecule has 1 aromatic carbocycles. The molecule has 0 aliphatic carbocycles. The van der Waals surface area contributed by atoms with Gasteiger partial charge in [-0.3, -0.25) is 0 Å². The van der Waals surface area contributed by atoms with E-state index in [1.807, 2.05) is 37.7 Å². The largest absolute Gasteiger partial charge is 0.497 e. The van der Waals surface area contributed by atoms with E-state index in [1.54, 1.807) is 26.0 Å². The second kappa shape index (κ2) is 6.50. The maximum Gasteiger partial charge on any atom is 0.189 e. The Kier molecular flexibility index (Phi) is 4.43. The summed E-state index contributed by atoms with van der Waals surface area (Å²) in [7, 11) is 5.36. The molecule has 0 saturated heterocycles. The lowest BCUT2D eigenvalue weighted by Crippen LogP contribution is -2.25. The van der Waals surface area contributed by atoms with Gasteiger partial charge in [-0.25, -0.2) is 9.97 Å². The van der Waals surface area contributed by atoms with Gasteiger partial charge in [0, 0.05) is 31.4 Å². The number of nitrogens with zero attached hydrogens (tertiary/aromatic N) is 3.